The smallest absolute Gasteiger partial charge is 0.420 e. The summed E-state index contributed by atoms with van der Waals surface area (Å²) in [6.45, 7) is 2.13. The normalized spacial score (nSPS) is 18.1. The fraction of sp³-hybridized carbons (Fsp3) is 0.250. The van der Waals surface area contributed by atoms with Crippen molar-refractivity contribution < 1.29 is 23.1 Å². The molecule has 6 nitrogen and oxygen atoms in total. The predicted molar refractivity (Wildman–Crippen MR) is 123 cm³/mol. The van der Waals surface area contributed by atoms with Gasteiger partial charge in [-0.1, -0.05) is 35.0 Å². The van der Waals surface area contributed by atoms with E-state index in [2.05, 4.69) is 15.0 Å². The van der Waals surface area contributed by atoms with Gasteiger partial charge >= 0.3 is 5.57 Å². The summed E-state index contributed by atoms with van der Waals surface area (Å²) in [6, 6.07) is 10.1. The highest BCUT2D eigenvalue weighted by molar-refractivity contribution is 8.15. The molecule has 1 saturated heterocycles. The SMILES string of the molecule is CCN1C(=O)C[C@@H](C(=O)Nc2ccc(Cl)c(Cl)c2)SC1=Nc1ccc(OC(F)(F)Cl)cc1. The van der Waals surface area contributed by atoms with E-state index in [0.717, 1.165) is 11.8 Å². The first kappa shape index (κ1) is 24.6. The fourth-order valence-electron chi connectivity index (χ4n) is 2.78. The van der Waals surface area contributed by atoms with Gasteiger partial charge in [0.1, 0.15) is 11.0 Å². The zero-order valence-electron chi connectivity index (χ0n) is 16.5. The second-order valence-corrected chi connectivity index (χ2v) is 8.93. The van der Waals surface area contributed by atoms with Gasteiger partial charge in [0.05, 0.1) is 15.7 Å². The van der Waals surface area contributed by atoms with E-state index in [1.54, 1.807) is 19.1 Å². The van der Waals surface area contributed by atoms with Gasteiger partial charge in [0.25, 0.3) is 0 Å². The van der Waals surface area contributed by atoms with Crippen molar-refractivity contribution in [3.05, 3.63) is 52.5 Å². The van der Waals surface area contributed by atoms with Crippen LogP contribution in [0.4, 0.5) is 20.2 Å². The zero-order chi connectivity index (χ0) is 23.5. The van der Waals surface area contributed by atoms with Crippen LogP contribution in [0.3, 0.4) is 0 Å². The van der Waals surface area contributed by atoms with E-state index in [1.807, 2.05) is 0 Å². The molecule has 0 unspecified atom stereocenters. The van der Waals surface area contributed by atoms with Crippen LogP contribution in [0, 0.1) is 0 Å². The monoisotopic (exact) mass is 521 g/mol. The number of carbonyl (C=O) groups is 2. The standard InChI is InChI=1S/C20H16Cl3F2N3O3S/c1-2-28-17(29)10-16(18(30)26-12-5-8-14(21)15(22)9-12)32-19(28)27-11-3-6-13(7-4-11)31-20(23,24)25/h3-9,16H,2,10H2,1H3,(H,26,30)/t16-/m0/s1. The first-order chi connectivity index (χ1) is 15.1. The Bertz CT molecular complexity index is 1050. The minimum atomic E-state index is -3.83. The number of hydrogen-bond donors (Lipinski definition) is 1. The Morgan fingerprint density at radius 3 is 2.53 bits per heavy atom. The number of amidine groups is 1. The predicted octanol–water partition coefficient (Wildman–Crippen LogP) is 6.14. The van der Waals surface area contributed by atoms with Crippen molar-refractivity contribution in [2.24, 2.45) is 4.99 Å². The molecule has 32 heavy (non-hydrogen) atoms. The second kappa shape index (κ2) is 10.2. The molecular formula is C20H16Cl3F2N3O3S. The molecule has 1 heterocycles. The van der Waals surface area contributed by atoms with E-state index in [-0.39, 0.29) is 23.1 Å². The molecule has 1 aliphatic heterocycles. The molecule has 1 fully saturated rings. The third kappa shape index (κ3) is 6.48. The van der Waals surface area contributed by atoms with Gasteiger partial charge in [0.2, 0.25) is 11.8 Å². The van der Waals surface area contributed by atoms with Gasteiger partial charge in [-0.3, -0.25) is 14.5 Å². The van der Waals surface area contributed by atoms with E-state index in [4.69, 9.17) is 34.8 Å². The Hall–Kier alpha value is -2.07. The fourth-order valence-corrected chi connectivity index (χ4v) is 4.33. The number of amides is 2. The Morgan fingerprint density at radius 2 is 1.94 bits per heavy atom. The molecule has 3 rings (SSSR count). The molecule has 2 amide bonds. The maximum Gasteiger partial charge on any atom is 0.487 e. The average molecular weight is 523 g/mol. The molecule has 0 radical (unpaired) electrons. The lowest BCUT2D eigenvalue weighted by molar-refractivity contribution is -0.129. The molecule has 0 saturated carbocycles. The number of thioether (sulfide) groups is 1. The molecule has 170 valence electrons. The molecular weight excluding hydrogens is 507 g/mol. The number of hydrogen-bond acceptors (Lipinski definition) is 5. The molecule has 0 bridgehead atoms. The summed E-state index contributed by atoms with van der Waals surface area (Å²) in [5.74, 6) is -0.799. The molecule has 0 spiro atoms. The summed E-state index contributed by atoms with van der Waals surface area (Å²) in [7, 11) is 0. The van der Waals surface area contributed by atoms with Gasteiger partial charge in [-0.25, -0.2) is 4.99 Å². The molecule has 12 heteroatoms. The summed E-state index contributed by atoms with van der Waals surface area (Å²) in [5.41, 5.74) is -3.00. The molecule has 2 aromatic rings. The minimum absolute atomic E-state index is 0.0116. The number of anilines is 1. The summed E-state index contributed by atoms with van der Waals surface area (Å²) < 4.78 is 29.8. The van der Waals surface area contributed by atoms with Crippen LogP contribution in [0.15, 0.2) is 47.5 Å². The summed E-state index contributed by atoms with van der Waals surface area (Å²) in [6.07, 6.45) is -0.0116. The largest absolute Gasteiger partial charge is 0.487 e. The Labute approximate surface area is 201 Å². The van der Waals surface area contributed by atoms with Crippen molar-refractivity contribution in [3.8, 4) is 5.75 Å². The van der Waals surface area contributed by atoms with E-state index < -0.39 is 16.7 Å². The van der Waals surface area contributed by atoms with Crippen LogP contribution in [0.1, 0.15) is 13.3 Å². The van der Waals surface area contributed by atoms with Crippen LogP contribution in [-0.2, 0) is 9.59 Å². The highest BCUT2D eigenvalue weighted by Crippen LogP contribution is 2.32. The van der Waals surface area contributed by atoms with Crippen LogP contribution >= 0.6 is 46.6 Å². The lowest BCUT2D eigenvalue weighted by atomic mass is 10.2. The summed E-state index contributed by atoms with van der Waals surface area (Å²) in [4.78, 5) is 31.2. The molecule has 0 aliphatic carbocycles. The maximum atomic E-state index is 12.8. The molecule has 1 atom stereocenters. The van der Waals surface area contributed by atoms with Gasteiger partial charge in [-0.05, 0) is 49.4 Å². The number of carbonyl (C=O) groups excluding carboxylic acids is 2. The van der Waals surface area contributed by atoms with Gasteiger partial charge in [-0.15, -0.1) is 8.78 Å². The number of aliphatic imine (C=N–C) groups is 1. The summed E-state index contributed by atoms with van der Waals surface area (Å²) in [5, 5.41) is 2.95. The summed E-state index contributed by atoms with van der Waals surface area (Å²) >= 11 is 17.7. The third-order valence-corrected chi connectivity index (χ3v) is 6.23. The Kier molecular flexibility index (Phi) is 7.87. The van der Waals surface area contributed by atoms with Crippen molar-refractivity contribution in [2.75, 3.05) is 11.9 Å². The number of halogens is 5. The molecule has 0 aromatic heterocycles. The van der Waals surface area contributed by atoms with Gasteiger partial charge < -0.3 is 10.1 Å². The molecule has 2 aromatic carbocycles. The van der Waals surface area contributed by atoms with Gasteiger partial charge in [0, 0.05) is 30.3 Å². The van der Waals surface area contributed by atoms with Crippen molar-refractivity contribution >= 4 is 74.9 Å². The van der Waals surface area contributed by atoms with Gasteiger partial charge in [0.15, 0.2) is 5.17 Å². The number of benzene rings is 2. The van der Waals surface area contributed by atoms with Crippen LogP contribution in [0.5, 0.6) is 5.75 Å². The van der Waals surface area contributed by atoms with Crippen LogP contribution in [-0.4, -0.2) is 39.2 Å². The van der Waals surface area contributed by atoms with E-state index in [1.165, 1.54) is 35.2 Å². The van der Waals surface area contributed by atoms with Crippen LogP contribution < -0.4 is 10.1 Å². The third-order valence-electron chi connectivity index (χ3n) is 4.23. The topological polar surface area (TPSA) is 71.0 Å². The second-order valence-electron chi connectivity index (χ2n) is 6.50. The van der Waals surface area contributed by atoms with Crippen molar-refractivity contribution in [1.82, 2.24) is 4.90 Å². The Morgan fingerprint density at radius 1 is 1.25 bits per heavy atom. The quantitative estimate of drug-likeness (QED) is 0.463. The van der Waals surface area contributed by atoms with Crippen molar-refractivity contribution in [3.63, 3.8) is 0 Å². The van der Waals surface area contributed by atoms with Crippen molar-refractivity contribution in [1.29, 1.82) is 0 Å². The highest BCUT2D eigenvalue weighted by Gasteiger charge is 2.35. The highest BCUT2D eigenvalue weighted by atomic mass is 35.5. The number of nitrogens with one attached hydrogen (secondary N) is 1. The number of alkyl halides is 3. The molecule has 1 aliphatic rings. The average Bonchev–Trinajstić information content (AvgIpc) is 2.71. The Balaban J connectivity index is 1.77. The van der Waals surface area contributed by atoms with Gasteiger partial charge in [-0.2, -0.15) is 0 Å². The van der Waals surface area contributed by atoms with Crippen molar-refractivity contribution in [2.45, 2.75) is 24.2 Å². The van der Waals surface area contributed by atoms with Crippen LogP contribution in [0.2, 0.25) is 10.0 Å². The lowest BCUT2D eigenvalue weighted by Gasteiger charge is -2.31. The zero-order valence-corrected chi connectivity index (χ0v) is 19.5. The minimum Gasteiger partial charge on any atom is -0.420 e. The number of rotatable bonds is 6. The van der Waals surface area contributed by atoms with Crippen LogP contribution in [0.25, 0.3) is 0 Å². The van der Waals surface area contributed by atoms with E-state index >= 15 is 0 Å². The first-order valence-electron chi connectivity index (χ1n) is 9.23. The molecule has 1 N–H and O–H groups in total. The first-order valence-corrected chi connectivity index (χ1v) is 11.2. The number of nitrogens with zero attached hydrogens (tertiary/aromatic N) is 2. The lowest BCUT2D eigenvalue weighted by Crippen LogP contribution is -2.45. The van der Waals surface area contributed by atoms with E-state index in [0.29, 0.717) is 28.1 Å². The van der Waals surface area contributed by atoms with E-state index in [9.17, 15) is 18.4 Å². The maximum absolute atomic E-state index is 12.8. The number of ether oxygens (including phenoxy) is 1.